The van der Waals surface area contributed by atoms with E-state index in [1.54, 1.807) is 43.0 Å². The predicted molar refractivity (Wildman–Crippen MR) is 109 cm³/mol. The van der Waals surface area contributed by atoms with E-state index in [1.807, 2.05) is 0 Å². The molecular formula is C20H25ClFN5O2. The summed E-state index contributed by atoms with van der Waals surface area (Å²) in [5.74, 6) is -0.488. The van der Waals surface area contributed by atoms with E-state index in [0.717, 1.165) is 13.0 Å². The second-order valence-electron chi connectivity index (χ2n) is 7.35. The first-order chi connectivity index (χ1) is 13.8. The van der Waals surface area contributed by atoms with Gasteiger partial charge < -0.3 is 9.80 Å². The van der Waals surface area contributed by atoms with Crippen LogP contribution >= 0.6 is 11.6 Å². The van der Waals surface area contributed by atoms with Crippen molar-refractivity contribution in [2.24, 2.45) is 0 Å². The van der Waals surface area contributed by atoms with Gasteiger partial charge in [-0.3, -0.25) is 14.5 Å². The van der Waals surface area contributed by atoms with E-state index in [1.165, 1.54) is 16.8 Å². The number of carbonyl (C=O) groups excluding carboxylic acids is 2. The van der Waals surface area contributed by atoms with E-state index < -0.39 is 0 Å². The molecule has 0 aliphatic carbocycles. The zero-order valence-corrected chi connectivity index (χ0v) is 17.6. The van der Waals surface area contributed by atoms with Crippen LogP contribution in [0.3, 0.4) is 0 Å². The van der Waals surface area contributed by atoms with Crippen LogP contribution in [0.2, 0.25) is 5.15 Å². The van der Waals surface area contributed by atoms with E-state index in [9.17, 15) is 14.0 Å². The number of aromatic nitrogens is 2. The summed E-state index contributed by atoms with van der Waals surface area (Å²) in [5, 5.41) is 4.59. The molecule has 1 aromatic carbocycles. The normalized spacial score (nSPS) is 15.3. The van der Waals surface area contributed by atoms with Crippen molar-refractivity contribution in [2.75, 3.05) is 46.8 Å². The molecule has 1 saturated heterocycles. The summed E-state index contributed by atoms with van der Waals surface area (Å²) >= 11 is 6.49. The van der Waals surface area contributed by atoms with Gasteiger partial charge in [-0.05, 0) is 37.6 Å². The summed E-state index contributed by atoms with van der Waals surface area (Å²) in [6, 6.07) is 5.77. The number of carbonyl (C=O) groups is 2. The Labute approximate surface area is 174 Å². The summed E-state index contributed by atoms with van der Waals surface area (Å²) in [4.78, 5) is 30.5. The Morgan fingerprint density at radius 1 is 1.14 bits per heavy atom. The summed E-state index contributed by atoms with van der Waals surface area (Å²) in [6.45, 7) is 4.55. The average Bonchev–Trinajstić information content (AvgIpc) is 2.84. The zero-order valence-electron chi connectivity index (χ0n) is 16.9. The van der Waals surface area contributed by atoms with Crippen LogP contribution in [0.15, 0.2) is 24.3 Å². The lowest BCUT2D eigenvalue weighted by Crippen LogP contribution is -2.39. The molecule has 3 rings (SSSR count). The van der Waals surface area contributed by atoms with Crippen molar-refractivity contribution < 1.29 is 14.0 Å². The summed E-state index contributed by atoms with van der Waals surface area (Å²) in [6.07, 6.45) is 0.773. The molecule has 1 aromatic heterocycles. The van der Waals surface area contributed by atoms with E-state index in [0.29, 0.717) is 43.1 Å². The van der Waals surface area contributed by atoms with Crippen LogP contribution in [0.4, 0.5) is 4.39 Å². The van der Waals surface area contributed by atoms with Crippen molar-refractivity contribution in [1.82, 2.24) is 24.5 Å². The first-order valence-corrected chi connectivity index (χ1v) is 9.88. The number of rotatable bonds is 4. The Hall–Kier alpha value is -2.45. The number of likely N-dealkylation sites (N-methyl/N-ethyl adjacent to an activating group) is 1. The summed E-state index contributed by atoms with van der Waals surface area (Å²) < 4.78 is 14.6. The first kappa shape index (κ1) is 21.3. The number of nitrogens with zero attached hydrogens (tertiary/aromatic N) is 5. The molecule has 9 heteroatoms. The molecule has 0 atom stereocenters. The van der Waals surface area contributed by atoms with Gasteiger partial charge >= 0.3 is 0 Å². The lowest BCUT2D eigenvalue weighted by molar-refractivity contribution is -0.129. The number of hydrogen-bond acceptors (Lipinski definition) is 4. The number of hydrogen-bond donors (Lipinski definition) is 0. The van der Waals surface area contributed by atoms with Gasteiger partial charge in [0, 0.05) is 40.3 Å². The number of aryl methyl sites for hydroxylation is 1. The molecule has 7 nitrogen and oxygen atoms in total. The van der Waals surface area contributed by atoms with Crippen molar-refractivity contribution in [3.05, 3.63) is 46.5 Å². The van der Waals surface area contributed by atoms with E-state index in [2.05, 4.69) is 10.00 Å². The fraction of sp³-hybridized carbons (Fsp3) is 0.450. The van der Waals surface area contributed by atoms with Crippen molar-refractivity contribution in [2.45, 2.75) is 13.3 Å². The van der Waals surface area contributed by atoms with Crippen LogP contribution in [0, 0.1) is 12.7 Å². The lowest BCUT2D eigenvalue weighted by atomic mass is 10.2. The molecule has 0 radical (unpaired) electrons. The van der Waals surface area contributed by atoms with Crippen molar-refractivity contribution in [1.29, 1.82) is 0 Å². The van der Waals surface area contributed by atoms with Gasteiger partial charge in [0.25, 0.3) is 5.91 Å². The average molecular weight is 422 g/mol. The molecule has 1 fully saturated rings. The molecule has 2 heterocycles. The van der Waals surface area contributed by atoms with E-state index >= 15 is 0 Å². The third kappa shape index (κ3) is 4.76. The first-order valence-electron chi connectivity index (χ1n) is 9.50. The Morgan fingerprint density at radius 3 is 2.48 bits per heavy atom. The fourth-order valence-electron chi connectivity index (χ4n) is 3.32. The van der Waals surface area contributed by atoms with Crippen LogP contribution < -0.4 is 0 Å². The maximum atomic E-state index is 13.2. The molecule has 0 spiro atoms. The molecule has 0 saturated carbocycles. The van der Waals surface area contributed by atoms with Gasteiger partial charge in [-0.2, -0.15) is 5.10 Å². The quantitative estimate of drug-likeness (QED) is 0.759. The number of benzene rings is 1. The zero-order chi connectivity index (χ0) is 21.1. The minimum Gasteiger partial charge on any atom is -0.348 e. The second-order valence-corrected chi connectivity index (χ2v) is 7.71. The van der Waals surface area contributed by atoms with Gasteiger partial charge in [0.1, 0.15) is 11.0 Å². The monoisotopic (exact) mass is 421 g/mol. The highest BCUT2D eigenvalue weighted by molar-refractivity contribution is 6.33. The maximum Gasteiger partial charge on any atom is 0.258 e. The largest absolute Gasteiger partial charge is 0.348 e. The molecule has 1 aliphatic rings. The second kappa shape index (κ2) is 8.92. The molecule has 0 bridgehead atoms. The minimum absolute atomic E-state index is 0.0456. The third-order valence-corrected chi connectivity index (χ3v) is 5.37. The lowest BCUT2D eigenvalue weighted by Gasteiger charge is -2.22. The van der Waals surface area contributed by atoms with Gasteiger partial charge in [-0.15, -0.1) is 0 Å². The molecule has 1 aliphatic heterocycles. The Morgan fingerprint density at radius 2 is 1.83 bits per heavy atom. The van der Waals surface area contributed by atoms with Crippen LogP contribution in [-0.2, 0) is 4.79 Å². The van der Waals surface area contributed by atoms with Gasteiger partial charge in [-0.25, -0.2) is 9.07 Å². The van der Waals surface area contributed by atoms with E-state index in [-0.39, 0.29) is 22.8 Å². The summed E-state index contributed by atoms with van der Waals surface area (Å²) in [7, 11) is 3.47. The highest BCUT2D eigenvalue weighted by Crippen LogP contribution is 2.25. The highest BCUT2D eigenvalue weighted by atomic mass is 35.5. The standard InChI is InChI=1S/C20H25ClFN5O2/c1-14-18(19(21)27(23-14)16-7-5-15(22)6-8-16)20(29)26-10-4-9-25(11-12-26)13-17(28)24(2)3/h5-8H,4,9-13H2,1-3H3. The van der Waals surface area contributed by atoms with Crippen LogP contribution in [0.5, 0.6) is 0 Å². The molecule has 156 valence electrons. The molecule has 29 heavy (non-hydrogen) atoms. The van der Waals surface area contributed by atoms with Crippen LogP contribution in [0.1, 0.15) is 22.5 Å². The van der Waals surface area contributed by atoms with Gasteiger partial charge in [0.2, 0.25) is 5.91 Å². The van der Waals surface area contributed by atoms with E-state index in [4.69, 9.17) is 11.6 Å². The fourth-order valence-corrected chi connectivity index (χ4v) is 3.67. The van der Waals surface area contributed by atoms with Crippen molar-refractivity contribution >= 4 is 23.4 Å². The highest BCUT2D eigenvalue weighted by Gasteiger charge is 2.27. The minimum atomic E-state index is -0.355. The molecule has 0 N–H and O–H groups in total. The maximum absolute atomic E-state index is 13.2. The Kier molecular flexibility index (Phi) is 6.54. The van der Waals surface area contributed by atoms with Crippen molar-refractivity contribution in [3.63, 3.8) is 0 Å². The predicted octanol–water partition coefficient (Wildman–Crippen LogP) is 2.21. The smallest absolute Gasteiger partial charge is 0.258 e. The summed E-state index contributed by atoms with van der Waals surface area (Å²) in [5.41, 5.74) is 1.46. The van der Waals surface area contributed by atoms with Crippen molar-refractivity contribution in [3.8, 4) is 5.69 Å². The molecular weight excluding hydrogens is 397 g/mol. The number of amides is 2. The molecule has 2 amide bonds. The third-order valence-electron chi connectivity index (χ3n) is 5.02. The topological polar surface area (TPSA) is 61.7 Å². The number of halogens is 2. The molecule has 0 unspecified atom stereocenters. The van der Waals surface area contributed by atoms with Gasteiger partial charge in [-0.1, -0.05) is 11.6 Å². The van der Waals surface area contributed by atoms with Crippen LogP contribution in [0.25, 0.3) is 5.69 Å². The molecule has 2 aromatic rings. The Bertz CT molecular complexity index is 897. The SMILES string of the molecule is Cc1nn(-c2ccc(F)cc2)c(Cl)c1C(=O)N1CCCN(CC(=O)N(C)C)CC1. The van der Waals surface area contributed by atoms with Gasteiger partial charge in [0.05, 0.1) is 23.5 Å². The van der Waals surface area contributed by atoms with Crippen LogP contribution in [-0.4, -0.2) is 83.1 Å². The van der Waals surface area contributed by atoms with Gasteiger partial charge in [0.15, 0.2) is 0 Å². The Balaban J connectivity index is 1.75.